The van der Waals surface area contributed by atoms with Gasteiger partial charge in [-0.1, -0.05) is 0 Å². The minimum Gasteiger partial charge on any atom is -0.396 e. The van der Waals surface area contributed by atoms with Crippen LogP contribution in [0.1, 0.15) is 19.8 Å². The first kappa shape index (κ1) is 18.1. The minimum absolute atomic E-state index is 0.0104. The maximum absolute atomic E-state index is 8.62. The average molecular weight is 238 g/mol. The van der Waals surface area contributed by atoms with E-state index in [0.29, 0.717) is 19.4 Å². The van der Waals surface area contributed by atoms with E-state index in [2.05, 4.69) is 0 Å². The Morgan fingerprint density at radius 3 is 1.81 bits per heavy atom. The summed E-state index contributed by atoms with van der Waals surface area (Å²) in [6.07, 6.45) is 0.875. The fourth-order valence-electron chi connectivity index (χ4n) is 0.817. The van der Waals surface area contributed by atoms with E-state index in [0.717, 1.165) is 0 Å². The van der Waals surface area contributed by atoms with Crippen LogP contribution < -0.4 is 11.5 Å². The summed E-state index contributed by atoms with van der Waals surface area (Å²) in [5, 5.41) is 34.0. The molecule has 100 valence electrons. The van der Waals surface area contributed by atoms with Crippen molar-refractivity contribution in [2.45, 2.75) is 31.9 Å². The van der Waals surface area contributed by atoms with Crippen molar-refractivity contribution in [2.24, 2.45) is 17.4 Å². The topological polar surface area (TPSA) is 133 Å². The maximum atomic E-state index is 8.62. The highest BCUT2D eigenvalue weighted by atomic mass is 16.3. The number of nitrogens with two attached hydrogens (primary N) is 2. The molecule has 2 atom stereocenters. The van der Waals surface area contributed by atoms with Gasteiger partial charge in [0.15, 0.2) is 0 Å². The number of rotatable bonds is 7. The summed E-state index contributed by atoms with van der Waals surface area (Å²) < 4.78 is 0. The molecule has 8 N–H and O–H groups in total. The summed E-state index contributed by atoms with van der Waals surface area (Å²) in [7, 11) is 0. The molecular formula is C10H26N2O4. The van der Waals surface area contributed by atoms with Gasteiger partial charge in [0.1, 0.15) is 0 Å². The van der Waals surface area contributed by atoms with Gasteiger partial charge in [-0.3, -0.25) is 0 Å². The molecule has 0 aliphatic rings. The second kappa shape index (κ2) is 12.8. The van der Waals surface area contributed by atoms with Gasteiger partial charge >= 0.3 is 0 Å². The zero-order valence-corrected chi connectivity index (χ0v) is 9.92. The summed E-state index contributed by atoms with van der Waals surface area (Å²) in [5.74, 6) is -0.0443. The summed E-state index contributed by atoms with van der Waals surface area (Å²) in [6.45, 7) is 2.12. The van der Waals surface area contributed by atoms with Gasteiger partial charge in [0, 0.05) is 38.3 Å². The van der Waals surface area contributed by atoms with Crippen molar-refractivity contribution in [1.29, 1.82) is 0 Å². The molecule has 0 saturated carbocycles. The van der Waals surface area contributed by atoms with E-state index >= 15 is 0 Å². The fourth-order valence-corrected chi connectivity index (χ4v) is 0.817. The zero-order valence-electron chi connectivity index (χ0n) is 9.92. The van der Waals surface area contributed by atoms with Crippen LogP contribution in [0.5, 0.6) is 0 Å². The molecule has 0 fully saturated rings. The van der Waals surface area contributed by atoms with E-state index < -0.39 is 6.10 Å². The second-order valence-corrected chi connectivity index (χ2v) is 3.74. The number of aliphatic hydroxyl groups is 4. The van der Waals surface area contributed by atoms with Crippen molar-refractivity contribution in [2.75, 3.05) is 26.4 Å². The van der Waals surface area contributed by atoms with Crippen molar-refractivity contribution in [3.63, 3.8) is 0 Å². The summed E-state index contributed by atoms with van der Waals surface area (Å²) >= 11 is 0. The third kappa shape index (κ3) is 11.8. The van der Waals surface area contributed by atoms with Crippen LogP contribution in [0, 0.1) is 5.92 Å². The highest BCUT2D eigenvalue weighted by Crippen LogP contribution is 2.02. The Kier molecular flexibility index (Phi) is 14.5. The third-order valence-corrected chi connectivity index (χ3v) is 2.18. The molecule has 0 spiro atoms. The summed E-state index contributed by atoms with van der Waals surface area (Å²) in [4.78, 5) is 0. The molecule has 0 rings (SSSR count). The molecule has 0 aliphatic heterocycles. The van der Waals surface area contributed by atoms with Crippen molar-refractivity contribution in [1.82, 2.24) is 0 Å². The smallest absolute Gasteiger partial charge is 0.0675 e. The standard InChI is InChI=1S/C6H14O3.C4H12N2O/c7-3-1-2-6(4-8)5-9;1-3(7)4(6)2-5/h6-9H,1-5H2;3-4,7H,2,5-6H2,1H3. The average Bonchev–Trinajstić information content (AvgIpc) is 2.30. The lowest BCUT2D eigenvalue weighted by atomic mass is 10.1. The molecule has 0 heterocycles. The molecule has 0 aromatic rings. The van der Waals surface area contributed by atoms with Crippen LogP contribution >= 0.6 is 0 Å². The molecule has 0 aliphatic carbocycles. The lowest BCUT2D eigenvalue weighted by Gasteiger charge is -2.09. The van der Waals surface area contributed by atoms with Gasteiger partial charge in [-0.15, -0.1) is 0 Å². The molecule has 0 radical (unpaired) electrons. The first-order chi connectivity index (χ1) is 7.53. The summed E-state index contributed by atoms with van der Waals surface area (Å²) in [5.41, 5.74) is 10.3. The van der Waals surface area contributed by atoms with Gasteiger partial charge < -0.3 is 31.9 Å². The number of hydrogen-bond donors (Lipinski definition) is 6. The molecule has 6 heteroatoms. The fraction of sp³-hybridized carbons (Fsp3) is 1.00. The molecule has 0 aromatic carbocycles. The molecule has 0 bridgehead atoms. The Labute approximate surface area is 96.9 Å². The van der Waals surface area contributed by atoms with Gasteiger partial charge in [-0.05, 0) is 19.8 Å². The SMILES string of the molecule is CC(O)C(N)CN.OCCCC(CO)CO. The monoisotopic (exact) mass is 238 g/mol. The van der Waals surface area contributed by atoms with Crippen LogP contribution in [0.2, 0.25) is 0 Å². The Balaban J connectivity index is 0. The van der Waals surface area contributed by atoms with Crippen LogP contribution in [0.15, 0.2) is 0 Å². The highest BCUT2D eigenvalue weighted by molar-refractivity contribution is 4.66. The Hall–Kier alpha value is -0.240. The molecule has 0 amide bonds. The molecule has 0 saturated heterocycles. The first-order valence-corrected chi connectivity index (χ1v) is 5.49. The lowest BCUT2D eigenvalue weighted by molar-refractivity contribution is 0.136. The van der Waals surface area contributed by atoms with E-state index in [-0.39, 0.29) is 31.8 Å². The van der Waals surface area contributed by atoms with E-state index in [1.165, 1.54) is 0 Å². The first-order valence-electron chi connectivity index (χ1n) is 5.49. The van der Waals surface area contributed by atoms with Crippen LogP contribution in [0.3, 0.4) is 0 Å². The van der Waals surface area contributed by atoms with Gasteiger partial charge in [0.05, 0.1) is 6.10 Å². The van der Waals surface area contributed by atoms with Crippen molar-refractivity contribution in [3.8, 4) is 0 Å². The molecule has 6 nitrogen and oxygen atoms in total. The van der Waals surface area contributed by atoms with Gasteiger partial charge in [-0.2, -0.15) is 0 Å². The maximum Gasteiger partial charge on any atom is 0.0675 e. The van der Waals surface area contributed by atoms with Crippen molar-refractivity contribution >= 4 is 0 Å². The van der Waals surface area contributed by atoms with E-state index in [1.807, 2.05) is 0 Å². The van der Waals surface area contributed by atoms with Gasteiger partial charge in [0.25, 0.3) is 0 Å². The van der Waals surface area contributed by atoms with E-state index in [4.69, 9.17) is 31.9 Å². The van der Waals surface area contributed by atoms with Crippen LogP contribution in [-0.2, 0) is 0 Å². The summed E-state index contributed by atoms with van der Waals surface area (Å²) in [6, 6.07) is -0.264. The highest BCUT2D eigenvalue weighted by Gasteiger charge is 2.04. The molecule has 0 aromatic heterocycles. The second-order valence-electron chi connectivity index (χ2n) is 3.74. The van der Waals surface area contributed by atoms with E-state index in [1.54, 1.807) is 6.92 Å². The Morgan fingerprint density at radius 2 is 1.62 bits per heavy atom. The zero-order chi connectivity index (χ0) is 13.0. The third-order valence-electron chi connectivity index (χ3n) is 2.18. The van der Waals surface area contributed by atoms with Gasteiger partial charge in [-0.25, -0.2) is 0 Å². The quantitative estimate of drug-likeness (QED) is 0.304. The largest absolute Gasteiger partial charge is 0.396 e. The normalized spacial score (nSPS) is 14.2. The minimum atomic E-state index is -0.481. The molecular weight excluding hydrogens is 212 g/mol. The van der Waals surface area contributed by atoms with Crippen molar-refractivity contribution < 1.29 is 20.4 Å². The Morgan fingerprint density at radius 1 is 1.12 bits per heavy atom. The van der Waals surface area contributed by atoms with E-state index in [9.17, 15) is 0 Å². The number of aliphatic hydroxyl groups excluding tert-OH is 4. The predicted octanol–water partition coefficient (Wildman–Crippen LogP) is -1.99. The van der Waals surface area contributed by atoms with Crippen LogP contribution in [-0.4, -0.2) is 58.9 Å². The van der Waals surface area contributed by atoms with Crippen LogP contribution in [0.4, 0.5) is 0 Å². The lowest BCUT2D eigenvalue weighted by Crippen LogP contribution is -2.39. The predicted molar refractivity (Wildman–Crippen MR) is 62.7 cm³/mol. The number of hydrogen-bond acceptors (Lipinski definition) is 6. The van der Waals surface area contributed by atoms with Gasteiger partial charge in [0.2, 0.25) is 0 Å². The molecule has 16 heavy (non-hydrogen) atoms. The molecule has 2 unspecified atom stereocenters. The Bertz CT molecular complexity index is 132. The van der Waals surface area contributed by atoms with Crippen molar-refractivity contribution in [3.05, 3.63) is 0 Å². The van der Waals surface area contributed by atoms with Crippen LogP contribution in [0.25, 0.3) is 0 Å².